The molecule has 110 valence electrons. The normalized spacial score (nSPS) is 16.8. The van der Waals surface area contributed by atoms with Gasteiger partial charge in [-0.05, 0) is 29.3 Å². The summed E-state index contributed by atoms with van der Waals surface area (Å²) in [5, 5.41) is 0. The van der Waals surface area contributed by atoms with E-state index in [0.717, 1.165) is 5.75 Å². The second kappa shape index (κ2) is 6.24. The third-order valence-corrected chi connectivity index (χ3v) is 5.00. The molecule has 0 spiro atoms. The van der Waals surface area contributed by atoms with Crippen LogP contribution in [0, 0.1) is 11.6 Å². The zero-order valence-electron chi connectivity index (χ0n) is 11.1. The second-order valence-electron chi connectivity index (χ2n) is 4.88. The van der Waals surface area contributed by atoms with Crippen LogP contribution >= 0.6 is 23.4 Å². The molecule has 1 unspecified atom stereocenters. The molecule has 1 heterocycles. The number of rotatable bonds is 4. The van der Waals surface area contributed by atoms with E-state index in [9.17, 15) is 8.78 Å². The van der Waals surface area contributed by atoms with E-state index in [4.69, 9.17) is 16.3 Å². The van der Waals surface area contributed by atoms with Crippen LogP contribution in [0.15, 0.2) is 41.3 Å². The lowest BCUT2D eigenvalue weighted by atomic mass is 10.0. The number of alkyl halides is 1. The quantitative estimate of drug-likeness (QED) is 0.733. The molecule has 0 amide bonds. The molecule has 1 aliphatic heterocycles. The monoisotopic (exact) mass is 326 g/mol. The lowest BCUT2D eigenvalue weighted by Crippen LogP contribution is -2.11. The Hall–Kier alpha value is -1.26. The number of thioether (sulfide) groups is 1. The summed E-state index contributed by atoms with van der Waals surface area (Å²) in [5.74, 6) is -0.645. The first kappa shape index (κ1) is 14.7. The van der Waals surface area contributed by atoms with Crippen molar-refractivity contribution < 1.29 is 13.5 Å². The number of hydrogen-bond acceptors (Lipinski definition) is 2. The summed E-state index contributed by atoms with van der Waals surface area (Å²) in [5.41, 5.74) is 1.58. The molecule has 5 heteroatoms. The van der Waals surface area contributed by atoms with Crippen molar-refractivity contribution in [3.05, 3.63) is 59.2 Å². The van der Waals surface area contributed by atoms with E-state index < -0.39 is 11.6 Å². The summed E-state index contributed by atoms with van der Waals surface area (Å²) < 4.78 is 33.1. The predicted octanol–water partition coefficient (Wildman–Crippen LogP) is 4.97. The summed E-state index contributed by atoms with van der Waals surface area (Å²) in [6.07, 6.45) is 0. The van der Waals surface area contributed by atoms with Gasteiger partial charge in [-0.2, -0.15) is 0 Å². The van der Waals surface area contributed by atoms with Crippen molar-refractivity contribution in [1.82, 2.24) is 0 Å². The van der Waals surface area contributed by atoms with Gasteiger partial charge in [0, 0.05) is 22.4 Å². The number of benzene rings is 2. The van der Waals surface area contributed by atoms with E-state index in [1.807, 2.05) is 18.2 Å². The maximum atomic E-state index is 13.8. The highest BCUT2D eigenvalue weighted by molar-refractivity contribution is 7.99. The Morgan fingerprint density at radius 3 is 2.62 bits per heavy atom. The van der Waals surface area contributed by atoms with Crippen LogP contribution in [0.2, 0.25) is 0 Å². The van der Waals surface area contributed by atoms with Gasteiger partial charge in [-0.15, -0.1) is 23.4 Å². The van der Waals surface area contributed by atoms with Gasteiger partial charge < -0.3 is 4.74 Å². The molecule has 0 saturated heterocycles. The van der Waals surface area contributed by atoms with E-state index in [1.165, 1.54) is 22.6 Å². The SMILES string of the molecule is Fc1cc(CCl)cc(F)c1OCC1CSc2ccccc21. The van der Waals surface area contributed by atoms with E-state index in [-0.39, 0.29) is 24.2 Å². The molecule has 1 atom stereocenters. The number of halogens is 3. The van der Waals surface area contributed by atoms with Crippen LogP contribution in [0.3, 0.4) is 0 Å². The molecular weight excluding hydrogens is 314 g/mol. The Labute approximate surface area is 131 Å². The number of hydrogen-bond donors (Lipinski definition) is 0. The van der Waals surface area contributed by atoms with Crippen molar-refractivity contribution in [3.63, 3.8) is 0 Å². The first-order valence-corrected chi connectivity index (χ1v) is 8.09. The molecule has 1 aliphatic rings. The van der Waals surface area contributed by atoms with Crippen LogP contribution in [0.1, 0.15) is 17.0 Å². The summed E-state index contributed by atoms with van der Waals surface area (Å²) in [6.45, 7) is 0.262. The lowest BCUT2D eigenvalue weighted by molar-refractivity contribution is 0.269. The largest absolute Gasteiger partial charge is 0.487 e. The Morgan fingerprint density at radius 1 is 1.19 bits per heavy atom. The van der Waals surface area contributed by atoms with Crippen LogP contribution in [0.4, 0.5) is 8.78 Å². The van der Waals surface area contributed by atoms with Gasteiger partial charge >= 0.3 is 0 Å². The van der Waals surface area contributed by atoms with Gasteiger partial charge in [0.25, 0.3) is 0 Å². The highest BCUT2D eigenvalue weighted by Crippen LogP contribution is 2.39. The Kier molecular flexibility index (Phi) is 4.36. The molecule has 2 aromatic carbocycles. The molecule has 0 aliphatic carbocycles. The molecule has 1 nitrogen and oxygen atoms in total. The Morgan fingerprint density at radius 2 is 1.90 bits per heavy atom. The van der Waals surface area contributed by atoms with Gasteiger partial charge in [-0.3, -0.25) is 0 Å². The van der Waals surface area contributed by atoms with E-state index in [1.54, 1.807) is 11.8 Å². The van der Waals surface area contributed by atoms with E-state index in [2.05, 4.69) is 6.07 Å². The molecule has 21 heavy (non-hydrogen) atoms. The van der Waals surface area contributed by atoms with Gasteiger partial charge in [0.15, 0.2) is 17.4 Å². The minimum atomic E-state index is -0.704. The molecule has 0 aromatic heterocycles. The Balaban J connectivity index is 1.75. The summed E-state index contributed by atoms with van der Waals surface area (Å²) in [4.78, 5) is 1.21. The van der Waals surface area contributed by atoms with Crippen LogP contribution < -0.4 is 4.74 Å². The third-order valence-electron chi connectivity index (χ3n) is 3.44. The van der Waals surface area contributed by atoms with Crippen LogP contribution in [0.5, 0.6) is 5.75 Å². The fourth-order valence-electron chi connectivity index (χ4n) is 2.38. The average molecular weight is 327 g/mol. The Bertz CT molecular complexity index is 639. The highest BCUT2D eigenvalue weighted by atomic mass is 35.5. The first-order valence-electron chi connectivity index (χ1n) is 6.57. The van der Waals surface area contributed by atoms with Crippen LogP contribution in [-0.2, 0) is 5.88 Å². The molecule has 0 fully saturated rings. The standard InChI is InChI=1S/C16H13ClF2OS/c17-7-10-5-13(18)16(14(19)6-10)20-8-11-9-21-15-4-2-1-3-12(11)15/h1-6,11H,7-9H2. The zero-order valence-corrected chi connectivity index (χ0v) is 12.7. The minimum Gasteiger partial charge on any atom is -0.487 e. The summed E-state index contributed by atoms with van der Waals surface area (Å²) in [7, 11) is 0. The van der Waals surface area contributed by atoms with Crippen molar-refractivity contribution in [3.8, 4) is 5.75 Å². The highest BCUT2D eigenvalue weighted by Gasteiger charge is 2.24. The molecule has 0 N–H and O–H groups in total. The molecule has 3 rings (SSSR count). The predicted molar refractivity (Wildman–Crippen MR) is 81.3 cm³/mol. The molecule has 2 aromatic rings. The smallest absolute Gasteiger partial charge is 0.190 e. The van der Waals surface area contributed by atoms with Crippen LogP contribution in [0.25, 0.3) is 0 Å². The van der Waals surface area contributed by atoms with E-state index >= 15 is 0 Å². The molecule has 0 saturated carbocycles. The maximum absolute atomic E-state index is 13.8. The van der Waals surface area contributed by atoms with Crippen LogP contribution in [-0.4, -0.2) is 12.4 Å². The lowest BCUT2D eigenvalue weighted by Gasteiger charge is -2.14. The fourth-order valence-corrected chi connectivity index (χ4v) is 3.77. The third kappa shape index (κ3) is 3.01. The molecular formula is C16H13ClF2OS. The van der Waals surface area contributed by atoms with Gasteiger partial charge in [0.05, 0.1) is 6.61 Å². The summed E-state index contributed by atoms with van der Waals surface area (Å²) in [6, 6.07) is 10.5. The topological polar surface area (TPSA) is 9.23 Å². The fraction of sp³-hybridized carbons (Fsp3) is 0.250. The van der Waals surface area contributed by atoms with Gasteiger partial charge in [-0.25, -0.2) is 8.78 Å². The van der Waals surface area contributed by atoms with Crippen molar-refractivity contribution in [1.29, 1.82) is 0 Å². The van der Waals surface area contributed by atoms with Crippen molar-refractivity contribution in [2.75, 3.05) is 12.4 Å². The number of fused-ring (bicyclic) bond motifs is 1. The maximum Gasteiger partial charge on any atom is 0.190 e. The molecule has 0 bridgehead atoms. The summed E-state index contributed by atoms with van der Waals surface area (Å²) >= 11 is 7.32. The average Bonchev–Trinajstić information content (AvgIpc) is 2.89. The van der Waals surface area contributed by atoms with Crippen molar-refractivity contribution in [2.45, 2.75) is 16.7 Å². The first-order chi connectivity index (χ1) is 10.2. The van der Waals surface area contributed by atoms with Gasteiger partial charge in [0.1, 0.15) is 0 Å². The van der Waals surface area contributed by atoms with Crippen molar-refractivity contribution in [2.24, 2.45) is 0 Å². The number of ether oxygens (including phenoxy) is 1. The van der Waals surface area contributed by atoms with Gasteiger partial charge in [-0.1, -0.05) is 18.2 Å². The zero-order chi connectivity index (χ0) is 14.8. The van der Waals surface area contributed by atoms with E-state index in [0.29, 0.717) is 5.56 Å². The minimum absolute atomic E-state index is 0.0702. The van der Waals surface area contributed by atoms with Crippen molar-refractivity contribution >= 4 is 23.4 Å². The van der Waals surface area contributed by atoms with Gasteiger partial charge in [0.2, 0.25) is 0 Å². The second-order valence-corrected chi connectivity index (χ2v) is 6.21. The molecule has 0 radical (unpaired) electrons.